The molecule has 0 spiro atoms. The van der Waals surface area contributed by atoms with Crippen LogP contribution in [-0.2, 0) is 10.5 Å². The highest BCUT2D eigenvalue weighted by Gasteiger charge is 2.29. The number of methoxy groups -OCH3 is 1. The number of hydrogen-bond acceptors (Lipinski definition) is 4. The zero-order chi connectivity index (χ0) is 19.4. The lowest BCUT2D eigenvalue weighted by molar-refractivity contribution is -0.120. The standard InChI is InChI=1S/C20H16Cl2N2O2S/c1-26-14-5-3-13(4-6-14)15-9-19(25)24-20(16(15)10-23)27-11-12-2-7-17(21)18(22)8-12/h2-8,15H,9,11H2,1H3,(H,24,25)/t15-/m1/s1. The number of amides is 1. The van der Waals surface area contributed by atoms with Gasteiger partial charge in [-0.3, -0.25) is 4.79 Å². The molecule has 1 amide bonds. The largest absolute Gasteiger partial charge is 0.497 e. The molecule has 1 N–H and O–H groups in total. The van der Waals surface area contributed by atoms with Crippen LogP contribution in [0.4, 0.5) is 0 Å². The maximum atomic E-state index is 12.2. The summed E-state index contributed by atoms with van der Waals surface area (Å²) in [5.74, 6) is 0.917. The van der Waals surface area contributed by atoms with Crippen molar-refractivity contribution in [3.8, 4) is 11.8 Å². The van der Waals surface area contributed by atoms with Gasteiger partial charge in [0.25, 0.3) is 0 Å². The summed E-state index contributed by atoms with van der Waals surface area (Å²) in [6, 6.07) is 15.1. The first-order valence-corrected chi connectivity index (χ1v) is 9.90. The van der Waals surface area contributed by atoms with Gasteiger partial charge in [0.15, 0.2) is 0 Å². The molecule has 0 fully saturated rings. The van der Waals surface area contributed by atoms with Gasteiger partial charge in [-0.2, -0.15) is 5.26 Å². The van der Waals surface area contributed by atoms with Crippen molar-refractivity contribution in [2.24, 2.45) is 0 Å². The van der Waals surface area contributed by atoms with Gasteiger partial charge in [0.2, 0.25) is 5.91 Å². The lowest BCUT2D eigenvalue weighted by atomic mass is 9.87. The second kappa shape index (κ2) is 8.71. The van der Waals surface area contributed by atoms with E-state index in [0.29, 0.717) is 26.4 Å². The van der Waals surface area contributed by atoms with Crippen LogP contribution in [-0.4, -0.2) is 13.0 Å². The topological polar surface area (TPSA) is 62.1 Å². The van der Waals surface area contributed by atoms with Gasteiger partial charge in [-0.25, -0.2) is 0 Å². The molecule has 1 heterocycles. The van der Waals surface area contributed by atoms with Gasteiger partial charge in [0.1, 0.15) is 5.75 Å². The van der Waals surface area contributed by atoms with E-state index in [2.05, 4.69) is 11.4 Å². The number of allylic oxidation sites excluding steroid dienone is 1. The fraction of sp³-hybridized carbons (Fsp3) is 0.200. The summed E-state index contributed by atoms with van der Waals surface area (Å²) in [7, 11) is 1.60. The molecule has 0 bridgehead atoms. The molecule has 138 valence electrons. The average molecular weight is 419 g/mol. The molecule has 7 heteroatoms. The van der Waals surface area contributed by atoms with Gasteiger partial charge in [-0.15, -0.1) is 11.8 Å². The van der Waals surface area contributed by atoms with E-state index in [4.69, 9.17) is 27.9 Å². The van der Waals surface area contributed by atoms with Gasteiger partial charge in [0, 0.05) is 18.1 Å². The van der Waals surface area contributed by atoms with Crippen molar-refractivity contribution >= 4 is 40.9 Å². The van der Waals surface area contributed by atoms with Crippen LogP contribution >= 0.6 is 35.0 Å². The number of halogens is 2. The van der Waals surface area contributed by atoms with Gasteiger partial charge in [0.05, 0.1) is 33.8 Å². The number of nitriles is 1. The summed E-state index contributed by atoms with van der Waals surface area (Å²) in [5.41, 5.74) is 2.43. The smallest absolute Gasteiger partial charge is 0.225 e. The number of carbonyl (C=O) groups is 1. The van der Waals surface area contributed by atoms with E-state index in [-0.39, 0.29) is 18.2 Å². The first kappa shape index (κ1) is 19.6. The third-order valence-electron chi connectivity index (χ3n) is 4.24. The lowest BCUT2D eigenvalue weighted by Crippen LogP contribution is -2.30. The SMILES string of the molecule is COc1ccc([C@H]2CC(=O)NC(SCc3ccc(Cl)c(Cl)c3)=C2C#N)cc1. The Labute approximate surface area is 172 Å². The first-order chi connectivity index (χ1) is 13.0. The third-order valence-corrected chi connectivity index (χ3v) is 6.07. The highest BCUT2D eigenvalue weighted by Crippen LogP contribution is 2.37. The highest BCUT2D eigenvalue weighted by atomic mass is 35.5. The maximum absolute atomic E-state index is 12.2. The fourth-order valence-electron chi connectivity index (χ4n) is 2.84. The average Bonchev–Trinajstić information content (AvgIpc) is 2.68. The van der Waals surface area contributed by atoms with Crippen LogP contribution in [0.1, 0.15) is 23.5 Å². The van der Waals surface area contributed by atoms with Crippen LogP contribution in [0.15, 0.2) is 53.1 Å². The van der Waals surface area contributed by atoms with E-state index in [1.165, 1.54) is 11.8 Å². The summed E-state index contributed by atoms with van der Waals surface area (Å²) in [6.45, 7) is 0. The molecule has 0 unspecified atom stereocenters. The number of benzene rings is 2. The van der Waals surface area contributed by atoms with Crippen LogP contribution in [0.2, 0.25) is 10.0 Å². The van der Waals surface area contributed by atoms with Crippen LogP contribution < -0.4 is 10.1 Å². The molecule has 1 aliphatic heterocycles. The number of ether oxygens (including phenoxy) is 1. The zero-order valence-corrected chi connectivity index (χ0v) is 16.8. The van der Waals surface area contributed by atoms with Crippen molar-refractivity contribution < 1.29 is 9.53 Å². The number of nitrogens with one attached hydrogen (secondary N) is 1. The van der Waals surface area contributed by atoms with E-state index in [9.17, 15) is 10.1 Å². The van der Waals surface area contributed by atoms with Crippen LogP contribution in [0, 0.1) is 11.3 Å². The molecule has 0 saturated heterocycles. The Morgan fingerprint density at radius 1 is 1.22 bits per heavy atom. The molecule has 1 atom stereocenters. The third kappa shape index (κ3) is 4.59. The van der Waals surface area contributed by atoms with Crippen molar-refractivity contribution in [2.45, 2.75) is 18.1 Å². The fourth-order valence-corrected chi connectivity index (χ4v) is 4.18. The van der Waals surface area contributed by atoms with Crippen LogP contribution in [0.3, 0.4) is 0 Å². The molecule has 4 nitrogen and oxygen atoms in total. The molecule has 0 radical (unpaired) electrons. The molecule has 2 aromatic rings. The van der Waals surface area contributed by atoms with Gasteiger partial charge in [-0.05, 0) is 35.4 Å². The molecular formula is C20H16Cl2N2O2S. The predicted octanol–water partition coefficient (Wildman–Crippen LogP) is 5.27. The normalized spacial score (nSPS) is 16.7. The van der Waals surface area contributed by atoms with Crippen LogP contribution in [0.25, 0.3) is 0 Å². The number of thioether (sulfide) groups is 1. The minimum atomic E-state index is -0.272. The zero-order valence-electron chi connectivity index (χ0n) is 14.5. The van der Waals surface area contributed by atoms with Crippen molar-refractivity contribution in [1.29, 1.82) is 5.26 Å². The summed E-state index contributed by atoms with van der Waals surface area (Å²) in [4.78, 5) is 12.2. The molecule has 27 heavy (non-hydrogen) atoms. The second-order valence-corrected chi connectivity index (χ2v) is 7.77. The minimum absolute atomic E-state index is 0.105. The summed E-state index contributed by atoms with van der Waals surface area (Å²) >= 11 is 13.4. The van der Waals surface area contributed by atoms with E-state index in [1.54, 1.807) is 19.2 Å². The molecule has 0 saturated carbocycles. The Morgan fingerprint density at radius 3 is 2.59 bits per heavy atom. The summed E-state index contributed by atoms with van der Waals surface area (Å²) in [6.07, 6.45) is 0.242. The Kier molecular flexibility index (Phi) is 6.33. The quantitative estimate of drug-likeness (QED) is 0.717. The Morgan fingerprint density at radius 2 is 1.96 bits per heavy atom. The number of carbonyl (C=O) groups excluding carboxylic acids is 1. The van der Waals surface area contributed by atoms with Crippen molar-refractivity contribution in [1.82, 2.24) is 5.32 Å². The number of rotatable bonds is 5. The van der Waals surface area contributed by atoms with E-state index in [1.807, 2.05) is 30.3 Å². The van der Waals surface area contributed by atoms with Crippen LogP contribution in [0.5, 0.6) is 5.75 Å². The molecular weight excluding hydrogens is 403 g/mol. The molecule has 3 rings (SSSR count). The first-order valence-electron chi connectivity index (χ1n) is 8.16. The Bertz CT molecular complexity index is 936. The number of nitrogens with zero attached hydrogens (tertiary/aromatic N) is 1. The van der Waals surface area contributed by atoms with Gasteiger partial charge < -0.3 is 10.1 Å². The monoisotopic (exact) mass is 418 g/mol. The lowest BCUT2D eigenvalue weighted by Gasteiger charge is -2.25. The predicted molar refractivity (Wildman–Crippen MR) is 109 cm³/mol. The van der Waals surface area contributed by atoms with Gasteiger partial charge in [-0.1, -0.05) is 41.4 Å². The maximum Gasteiger partial charge on any atom is 0.225 e. The van der Waals surface area contributed by atoms with E-state index >= 15 is 0 Å². The highest BCUT2D eigenvalue weighted by molar-refractivity contribution is 8.02. The Balaban J connectivity index is 1.86. The van der Waals surface area contributed by atoms with E-state index in [0.717, 1.165) is 16.9 Å². The van der Waals surface area contributed by atoms with Crippen molar-refractivity contribution in [2.75, 3.05) is 7.11 Å². The molecule has 0 aliphatic carbocycles. The molecule has 1 aliphatic rings. The Hall–Kier alpha value is -2.13. The van der Waals surface area contributed by atoms with E-state index < -0.39 is 0 Å². The number of hydrogen-bond donors (Lipinski definition) is 1. The second-order valence-electron chi connectivity index (χ2n) is 5.97. The molecule has 0 aromatic heterocycles. The molecule has 2 aromatic carbocycles. The van der Waals surface area contributed by atoms with Crippen molar-refractivity contribution in [3.63, 3.8) is 0 Å². The minimum Gasteiger partial charge on any atom is -0.497 e. The van der Waals surface area contributed by atoms with Crippen molar-refractivity contribution in [3.05, 3.63) is 74.2 Å². The summed E-state index contributed by atoms with van der Waals surface area (Å²) in [5, 5.41) is 14.1. The van der Waals surface area contributed by atoms with Gasteiger partial charge >= 0.3 is 0 Å². The summed E-state index contributed by atoms with van der Waals surface area (Å²) < 4.78 is 5.18.